The van der Waals surface area contributed by atoms with Gasteiger partial charge < -0.3 is 4.74 Å². The third-order valence-electron chi connectivity index (χ3n) is 3.56. The van der Waals surface area contributed by atoms with Gasteiger partial charge in [0.15, 0.2) is 15.7 Å². The molecule has 1 aromatic carbocycles. The summed E-state index contributed by atoms with van der Waals surface area (Å²) in [6.45, 7) is 6.30. The van der Waals surface area contributed by atoms with E-state index < -0.39 is 59.2 Å². The number of rotatable bonds is 8. The first kappa shape index (κ1) is 23.4. The Hall–Kier alpha value is -1.59. The summed E-state index contributed by atoms with van der Waals surface area (Å²) in [5.74, 6) is -5.54. The first-order chi connectivity index (χ1) is 12.2. The lowest BCUT2D eigenvalue weighted by atomic mass is 10.2. The van der Waals surface area contributed by atoms with E-state index in [1.165, 1.54) is 13.8 Å². The van der Waals surface area contributed by atoms with Crippen LogP contribution in [0.15, 0.2) is 17.0 Å². The molecule has 0 heterocycles. The molecule has 0 fully saturated rings. The summed E-state index contributed by atoms with van der Waals surface area (Å²) >= 11 is 0. The van der Waals surface area contributed by atoms with Crippen LogP contribution in [0, 0.1) is 23.5 Å². The molecule has 1 unspecified atom stereocenters. The van der Waals surface area contributed by atoms with Crippen molar-refractivity contribution in [2.24, 2.45) is 11.8 Å². The van der Waals surface area contributed by atoms with Gasteiger partial charge in [-0.3, -0.25) is 0 Å². The summed E-state index contributed by atoms with van der Waals surface area (Å²) < 4.78 is 84.6. The monoisotopic (exact) mass is 427 g/mol. The second-order valence-electron chi connectivity index (χ2n) is 6.74. The summed E-state index contributed by atoms with van der Waals surface area (Å²) in [6, 6.07) is 1.21. The van der Waals surface area contributed by atoms with Gasteiger partial charge in [-0.15, -0.1) is 0 Å². The number of sulfonamides is 1. The van der Waals surface area contributed by atoms with Crippen molar-refractivity contribution in [1.82, 2.24) is 4.72 Å². The summed E-state index contributed by atoms with van der Waals surface area (Å²) in [5.41, 5.74) is -1.17. The van der Waals surface area contributed by atoms with Crippen LogP contribution in [0.3, 0.4) is 0 Å². The average molecular weight is 427 g/mol. The number of methoxy groups -OCH3 is 1. The highest BCUT2D eigenvalue weighted by molar-refractivity contribution is 7.94. The van der Waals surface area contributed by atoms with Gasteiger partial charge in [-0.1, -0.05) is 27.7 Å². The molecule has 0 aromatic heterocycles. The van der Waals surface area contributed by atoms with Crippen molar-refractivity contribution < 1.29 is 35.1 Å². The van der Waals surface area contributed by atoms with E-state index in [0.29, 0.717) is 12.1 Å². The zero-order valence-electron chi connectivity index (χ0n) is 15.6. The molecule has 0 saturated heterocycles. The van der Waals surface area contributed by atoms with Gasteiger partial charge in [0.05, 0.1) is 12.9 Å². The zero-order valence-corrected chi connectivity index (χ0v) is 17.2. The minimum atomic E-state index is -4.71. The van der Waals surface area contributed by atoms with Gasteiger partial charge in [0.2, 0.25) is 10.0 Å². The van der Waals surface area contributed by atoms with Gasteiger partial charge in [-0.25, -0.2) is 30.4 Å². The lowest BCUT2D eigenvalue weighted by molar-refractivity contribution is 0.0589. The maximum Gasteiger partial charge on any atom is 0.343 e. The van der Waals surface area contributed by atoms with Crippen LogP contribution in [-0.2, 0) is 24.6 Å². The van der Waals surface area contributed by atoms with Crippen molar-refractivity contribution in [3.8, 4) is 0 Å². The lowest BCUT2D eigenvalue weighted by Crippen LogP contribution is -2.46. The Kier molecular flexibility index (Phi) is 7.48. The Morgan fingerprint density at radius 2 is 1.67 bits per heavy atom. The van der Waals surface area contributed by atoms with Crippen LogP contribution >= 0.6 is 0 Å². The molecule has 0 radical (unpaired) electrons. The van der Waals surface area contributed by atoms with E-state index in [0.717, 1.165) is 7.11 Å². The lowest BCUT2D eigenvalue weighted by Gasteiger charge is -2.23. The molecule has 7 nitrogen and oxygen atoms in total. The molecule has 0 aliphatic rings. The highest BCUT2D eigenvalue weighted by Gasteiger charge is 2.36. The molecule has 0 aliphatic carbocycles. The summed E-state index contributed by atoms with van der Waals surface area (Å²) in [7, 11) is -7.72. The molecule has 0 amide bonds. The summed E-state index contributed by atoms with van der Waals surface area (Å²) in [5, 5.41) is -1.52. The fourth-order valence-electron chi connectivity index (χ4n) is 2.44. The highest BCUT2D eigenvalue weighted by atomic mass is 32.2. The van der Waals surface area contributed by atoms with E-state index in [4.69, 9.17) is 0 Å². The molecule has 0 aliphatic heterocycles. The number of sulfone groups is 1. The fraction of sp³-hybridized carbons (Fsp3) is 0.562. The van der Waals surface area contributed by atoms with E-state index in [9.17, 15) is 30.4 Å². The molecule has 1 N–H and O–H groups in total. The standard InChI is InChI=1S/C16H23F2NO6S2/c1-9(2)8-26(21,22)15(10(3)4)19-27(23,24)12-7-6-11(17)13(14(12)18)16(20)25-5/h6-7,9-10,15,19H,8H2,1-5H3. The highest BCUT2D eigenvalue weighted by Crippen LogP contribution is 2.24. The van der Waals surface area contributed by atoms with Crippen LogP contribution in [0.5, 0.6) is 0 Å². The topological polar surface area (TPSA) is 107 Å². The maximum absolute atomic E-state index is 14.5. The third-order valence-corrected chi connectivity index (χ3v) is 7.74. The van der Waals surface area contributed by atoms with E-state index >= 15 is 0 Å². The number of carbonyl (C=O) groups is 1. The van der Waals surface area contributed by atoms with Gasteiger partial charge >= 0.3 is 5.97 Å². The molecule has 27 heavy (non-hydrogen) atoms. The van der Waals surface area contributed by atoms with Crippen molar-refractivity contribution in [2.45, 2.75) is 38.0 Å². The van der Waals surface area contributed by atoms with Crippen molar-refractivity contribution >= 4 is 25.8 Å². The van der Waals surface area contributed by atoms with E-state index in [-0.39, 0.29) is 11.7 Å². The SMILES string of the molecule is COC(=O)c1c(F)ccc(S(=O)(=O)NC(C(C)C)S(=O)(=O)CC(C)C)c1F. The third kappa shape index (κ3) is 5.45. The Labute approximate surface area is 158 Å². The minimum Gasteiger partial charge on any atom is -0.465 e. The van der Waals surface area contributed by atoms with Crippen molar-refractivity contribution in [3.05, 3.63) is 29.3 Å². The number of nitrogens with one attached hydrogen (secondary N) is 1. The second-order valence-corrected chi connectivity index (χ2v) is 10.6. The zero-order chi connectivity index (χ0) is 21.2. The van der Waals surface area contributed by atoms with Crippen LogP contribution in [0.4, 0.5) is 8.78 Å². The van der Waals surface area contributed by atoms with Crippen LogP contribution in [-0.4, -0.2) is 41.0 Å². The Bertz CT molecular complexity index is 911. The van der Waals surface area contributed by atoms with Crippen molar-refractivity contribution in [3.63, 3.8) is 0 Å². The first-order valence-corrected chi connectivity index (χ1v) is 11.2. The van der Waals surface area contributed by atoms with Gasteiger partial charge in [0, 0.05) is 0 Å². The Morgan fingerprint density at radius 1 is 1.11 bits per heavy atom. The molecule has 11 heteroatoms. The molecule has 0 bridgehead atoms. The predicted molar refractivity (Wildman–Crippen MR) is 95.3 cm³/mol. The molecule has 1 aromatic rings. The quantitative estimate of drug-likeness (QED) is 0.637. The maximum atomic E-state index is 14.5. The molecule has 1 rings (SSSR count). The number of ether oxygens (including phenoxy) is 1. The van der Waals surface area contributed by atoms with E-state index in [1.54, 1.807) is 13.8 Å². The minimum absolute atomic E-state index is 0.255. The number of halogens is 2. The number of carbonyl (C=O) groups excluding carboxylic acids is 1. The molecular weight excluding hydrogens is 404 g/mol. The van der Waals surface area contributed by atoms with Crippen LogP contribution in [0.2, 0.25) is 0 Å². The molecule has 0 spiro atoms. The van der Waals surface area contributed by atoms with Gasteiger partial charge in [0.1, 0.15) is 21.7 Å². The fourth-order valence-corrected chi connectivity index (χ4v) is 6.66. The second kappa shape index (κ2) is 8.61. The number of esters is 1. The Morgan fingerprint density at radius 3 is 2.11 bits per heavy atom. The number of benzene rings is 1. The van der Waals surface area contributed by atoms with Gasteiger partial charge in [0.25, 0.3) is 0 Å². The van der Waals surface area contributed by atoms with Crippen molar-refractivity contribution in [1.29, 1.82) is 0 Å². The van der Waals surface area contributed by atoms with E-state index in [2.05, 4.69) is 4.74 Å². The largest absolute Gasteiger partial charge is 0.465 e. The number of hydrogen-bond acceptors (Lipinski definition) is 6. The average Bonchev–Trinajstić information content (AvgIpc) is 2.50. The van der Waals surface area contributed by atoms with Crippen LogP contribution in [0.1, 0.15) is 38.1 Å². The molecule has 0 saturated carbocycles. The molecule has 154 valence electrons. The van der Waals surface area contributed by atoms with Gasteiger partial charge in [-0.05, 0) is 24.0 Å². The first-order valence-electron chi connectivity index (χ1n) is 8.04. The molecular formula is C16H23F2NO6S2. The van der Waals surface area contributed by atoms with Crippen molar-refractivity contribution in [2.75, 3.05) is 12.9 Å². The number of hydrogen-bond donors (Lipinski definition) is 1. The molecule has 1 atom stereocenters. The smallest absolute Gasteiger partial charge is 0.343 e. The normalized spacial score (nSPS) is 13.8. The summed E-state index contributed by atoms with van der Waals surface area (Å²) in [6.07, 6.45) is 0. The Balaban J connectivity index is 3.44. The van der Waals surface area contributed by atoms with Crippen LogP contribution in [0.25, 0.3) is 0 Å². The van der Waals surface area contributed by atoms with E-state index in [1.807, 2.05) is 4.72 Å². The van der Waals surface area contributed by atoms with Crippen LogP contribution < -0.4 is 4.72 Å². The summed E-state index contributed by atoms with van der Waals surface area (Å²) in [4.78, 5) is 10.5. The predicted octanol–water partition coefficient (Wildman–Crippen LogP) is 2.08. The van der Waals surface area contributed by atoms with Gasteiger partial charge in [-0.2, -0.15) is 4.72 Å².